The molecule has 0 radical (unpaired) electrons. The number of ketones is 1. The van der Waals surface area contributed by atoms with Crippen LogP contribution in [-0.4, -0.2) is 54.1 Å². The summed E-state index contributed by atoms with van der Waals surface area (Å²) in [5, 5.41) is 3.47. The molecular weight excluding hydrogens is 584 g/mol. The lowest BCUT2D eigenvalue weighted by atomic mass is 10.0. The van der Waals surface area contributed by atoms with Crippen LogP contribution in [0, 0.1) is 26.2 Å². The van der Waals surface area contributed by atoms with Gasteiger partial charge >= 0.3 is 0 Å². The van der Waals surface area contributed by atoms with Crippen LogP contribution in [0.2, 0.25) is 0 Å². The van der Waals surface area contributed by atoms with Crippen LogP contribution in [0.5, 0.6) is 0 Å². The number of carbonyl (C=O) groups excluding carboxylic acids is 3. The Labute approximate surface area is 249 Å². The predicted octanol–water partition coefficient (Wildman–Crippen LogP) is 5.40. The molecule has 9 nitrogen and oxygen atoms in total. The summed E-state index contributed by atoms with van der Waals surface area (Å²) >= 11 is 3.31. The number of halogens is 1. The lowest BCUT2D eigenvalue weighted by Gasteiger charge is -2.27. The van der Waals surface area contributed by atoms with Crippen LogP contribution in [0.1, 0.15) is 56.7 Å². The fourth-order valence-electron chi connectivity index (χ4n) is 5.79. The van der Waals surface area contributed by atoms with Crippen molar-refractivity contribution in [2.45, 2.75) is 66.0 Å². The number of aryl methyl sites for hydroxylation is 3. The van der Waals surface area contributed by atoms with Gasteiger partial charge in [0.2, 0.25) is 11.8 Å². The Hall–Kier alpha value is -3.92. The molecule has 1 saturated carbocycles. The molecule has 0 spiro atoms. The maximum absolute atomic E-state index is 14.1. The number of fused-ring (bicyclic) bond motifs is 2. The normalized spacial score (nSPS) is 23.1. The minimum Gasteiger partial charge on any atom is -0.337 e. The number of piperidine rings is 1. The van der Waals surface area contributed by atoms with Gasteiger partial charge < -0.3 is 14.8 Å². The van der Waals surface area contributed by atoms with Gasteiger partial charge in [0.15, 0.2) is 5.78 Å². The Bertz CT molecular complexity index is 1840. The number of nitrogens with zero attached hydrogens (tertiary/aromatic N) is 5. The van der Waals surface area contributed by atoms with E-state index in [1.807, 2.05) is 26.0 Å². The number of aromatic nitrogens is 4. The van der Waals surface area contributed by atoms with Gasteiger partial charge in [-0.2, -0.15) is 0 Å². The molecule has 41 heavy (non-hydrogen) atoms. The van der Waals surface area contributed by atoms with Crippen LogP contribution >= 0.6 is 15.9 Å². The van der Waals surface area contributed by atoms with Gasteiger partial charge in [-0.3, -0.25) is 14.4 Å². The topological polar surface area (TPSA) is 110 Å². The summed E-state index contributed by atoms with van der Waals surface area (Å²) in [6, 6.07) is 5.67. The first-order valence-electron chi connectivity index (χ1n) is 14.4. The number of carbonyl (C=O) groups is 3. The maximum atomic E-state index is 14.1. The number of pyridine rings is 1. The van der Waals surface area contributed by atoms with Gasteiger partial charge in [-0.15, -0.1) is 0 Å². The first-order chi connectivity index (χ1) is 20.2. The van der Waals surface area contributed by atoms with Gasteiger partial charge in [-0.05, 0) is 96.7 Å². The second kappa shape index (κ2) is 9.87. The molecule has 4 heterocycles. The fourth-order valence-corrected chi connectivity index (χ4v) is 6.10. The number of anilines is 1. The number of amides is 2. The molecule has 1 saturated heterocycles. The Kier molecular flexibility index (Phi) is 5.98. The van der Waals surface area contributed by atoms with E-state index in [2.05, 4.69) is 36.2 Å². The van der Waals surface area contributed by atoms with Gasteiger partial charge in [0.25, 0.3) is 0 Å². The molecule has 1 aliphatic heterocycles. The number of rotatable bonds is 6. The number of Topliss-reactive ketones (excluding diaryl/α,β-unsaturated/α-hetero) is 1. The Morgan fingerprint density at radius 1 is 1.12 bits per heavy atom. The van der Waals surface area contributed by atoms with Crippen LogP contribution in [0.15, 0.2) is 47.5 Å². The van der Waals surface area contributed by atoms with Gasteiger partial charge in [0, 0.05) is 43.9 Å². The first kappa shape index (κ1) is 24.8. The summed E-state index contributed by atoms with van der Waals surface area (Å²) in [6.07, 6.45) is 3.66. The minimum absolute atomic E-state index is 0.144. The molecule has 3 atom stereocenters. The number of hydrogen-bond acceptors (Lipinski definition) is 6. The van der Waals surface area contributed by atoms with E-state index in [1.165, 1.54) is 11.8 Å². The summed E-state index contributed by atoms with van der Waals surface area (Å²) in [6.45, 7) is 8.64. The van der Waals surface area contributed by atoms with Crippen molar-refractivity contribution in [1.82, 2.24) is 24.4 Å². The van der Waals surface area contributed by atoms with Crippen LogP contribution < -0.4 is 5.32 Å². The zero-order chi connectivity index (χ0) is 31.0. The van der Waals surface area contributed by atoms with Crippen molar-refractivity contribution >= 4 is 50.2 Å². The van der Waals surface area contributed by atoms with Gasteiger partial charge in [-0.25, -0.2) is 15.0 Å². The Morgan fingerprint density at radius 3 is 2.56 bits per heavy atom. The summed E-state index contributed by atoms with van der Waals surface area (Å²) < 4.78 is 20.2. The molecule has 0 bridgehead atoms. The average Bonchev–Trinajstić information content (AvgIpc) is 3.43. The summed E-state index contributed by atoms with van der Waals surface area (Å²) in [5.41, 5.74) is 3.59. The molecule has 1 aromatic carbocycles. The number of benzene rings is 1. The van der Waals surface area contributed by atoms with Crippen molar-refractivity contribution in [1.29, 1.82) is 0 Å². The molecule has 210 valence electrons. The van der Waals surface area contributed by atoms with Gasteiger partial charge in [0.05, 0.1) is 5.52 Å². The summed E-state index contributed by atoms with van der Waals surface area (Å²) in [4.78, 5) is 54.8. The highest BCUT2D eigenvalue weighted by molar-refractivity contribution is 9.10. The monoisotopic (exact) mass is 616 g/mol. The fraction of sp³-hybridized carbons (Fsp3) is 0.355. The summed E-state index contributed by atoms with van der Waals surface area (Å²) in [7, 11) is 0. The zero-order valence-electron chi connectivity index (χ0n) is 25.4. The molecule has 10 heteroatoms. The summed E-state index contributed by atoms with van der Waals surface area (Å²) in [5.74, 6) is -0.195. The Morgan fingerprint density at radius 2 is 1.85 bits per heavy atom. The van der Waals surface area contributed by atoms with Crippen molar-refractivity contribution in [3.05, 3.63) is 70.0 Å². The van der Waals surface area contributed by atoms with E-state index in [0.717, 1.165) is 22.2 Å². The van der Waals surface area contributed by atoms with Crippen LogP contribution in [0.25, 0.3) is 22.0 Å². The van der Waals surface area contributed by atoms with E-state index in [9.17, 15) is 14.4 Å². The molecule has 4 aromatic rings. The van der Waals surface area contributed by atoms with Crippen molar-refractivity contribution in [2.75, 3.05) is 5.32 Å². The number of hydrogen-bond donors (Lipinski definition) is 1. The molecule has 2 amide bonds. The van der Waals surface area contributed by atoms with E-state index in [-0.39, 0.29) is 12.3 Å². The highest BCUT2D eigenvalue weighted by atomic mass is 79.9. The van der Waals surface area contributed by atoms with Crippen LogP contribution in [-0.2, 0) is 16.1 Å². The van der Waals surface area contributed by atoms with Crippen LogP contribution in [0.3, 0.4) is 0 Å². The number of likely N-dealkylation sites (tertiary alicyclic amines) is 1. The van der Waals surface area contributed by atoms with Crippen molar-refractivity contribution in [3.63, 3.8) is 0 Å². The molecule has 0 unspecified atom stereocenters. The third kappa shape index (κ3) is 4.84. The average molecular weight is 618 g/mol. The maximum Gasteiger partial charge on any atom is 0.248 e. The van der Waals surface area contributed by atoms with E-state index in [0.29, 0.717) is 39.2 Å². The third-order valence-corrected chi connectivity index (χ3v) is 8.52. The van der Waals surface area contributed by atoms with Crippen molar-refractivity contribution < 1.29 is 17.1 Å². The van der Waals surface area contributed by atoms with E-state index in [1.54, 1.807) is 49.1 Å². The standard InChI is InChI=1S/C31H31BrN6O3/c1-16-6-7-26(32)35-29(16)36-30(41)24-10-31(5)11-25(31)38(24)27(40)15-37-14-23(18(3)39)22-9-20(8-17(2)28(22)37)21-12-33-19(4)34-13-21/h6-9,12-14,24-25H,10-11,15H2,1-5H3,(H,35,36,41)/t24-,25+,31-/m0/s1/i10D2. The Balaban J connectivity index is 1.36. The van der Waals surface area contributed by atoms with E-state index < -0.39 is 35.7 Å². The molecule has 6 rings (SSSR count). The third-order valence-electron chi connectivity index (χ3n) is 8.08. The predicted molar refractivity (Wildman–Crippen MR) is 160 cm³/mol. The molecule has 2 aliphatic rings. The van der Waals surface area contributed by atoms with Gasteiger partial charge in [-0.1, -0.05) is 13.0 Å². The van der Waals surface area contributed by atoms with Crippen molar-refractivity contribution in [3.8, 4) is 11.1 Å². The highest BCUT2D eigenvalue weighted by Crippen LogP contribution is 2.59. The number of nitrogens with one attached hydrogen (secondary N) is 1. The molecular formula is C31H31BrN6O3. The SMILES string of the molecule is [2H]C1([2H])[C@@H](C(=O)Nc2nc(Br)ccc2C)N(C(=O)Cn2cc(C(C)=O)c3cc(-c4cnc(C)nc4)cc(C)c32)[C@@H]2C[C@@]21C. The first-order valence-corrected chi connectivity index (χ1v) is 14.2. The van der Waals surface area contributed by atoms with E-state index >= 15 is 0 Å². The van der Waals surface area contributed by atoms with Crippen LogP contribution in [0.4, 0.5) is 5.82 Å². The largest absolute Gasteiger partial charge is 0.337 e. The molecule has 3 aromatic heterocycles. The van der Waals surface area contributed by atoms with Crippen molar-refractivity contribution in [2.24, 2.45) is 5.41 Å². The smallest absolute Gasteiger partial charge is 0.248 e. The molecule has 1 aliphatic carbocycles. The second-order valence-electron chi connectivity index (χ2n) is 11.2. The molecule has 1 N–H and O–H groups in total. The highest BCUT2D eigenvalue weighted by Gasteiger charge is 2.64. The zero-order valence-corrected chi connectivity index (χ0v) is 25.0. The van der Waals surface area contributed by atoms with E-state index in [4.69, 9.17) is 2.74 Å². The second-order valence-corrected chi connectivity index (χ2v) is 12.0. The van der Waals surface area contributed by atoms with Gasteiger partial charge in [0.1, 0.15) is 28.8 Å². The minimum atomic E-state index is -1.96. The lowest BCUT2D eigenvalue weighted by molar-refractivity contribution is -0.138. The lowest BCUT2D eigenvalue weighted by Crippen LogP contribution is -2.46. The quantitative estimate of drug-likeness (QED) is 0.229. The molecule has 2 fully saturated rings.